The van der Waals surface area contributed by atoms with Gasteiger partial charge in [0, 0.05) is 11.1 Å². The average molecular weight is 373 g/mol. The van der Waals surface area contributed by atoms with E-state index >= 15 is 0 Å². The first-order chi connectivity index (χ1) is 13.7. The molecule has 0 saturated carbocycles. The predicted molar refractivity (Wildman–Crippen MR) is 104 cm³/mol. The lowest BCUT2D eigenvalue weighted by atomic mass is 10.0. The van der Waals surface area contributed by atoms with E-state index in [2.05, 4.69) is 5.16 Å². The van der Waals surface area contributed by atoms with Crippen molar-refractivity contribution in [2.45, 2.75) is 6.61 Å². The van der Waals surface area contributed by atoms with Gasteiger partial charge in [0.25, 0.3) is 0 Å². The molecule has 5 heteroatoms. The van der Waals surface area contributed by atoms with Gasteiger partial charge in [0.05, 0.1) is 5.57 Å². The molecular weight excluding hydrogens is 357 g/mol. The molecule has 0 fully saturated rings. The van der Waals surface area contributed by atoms with Gasteiger partial charge in [-0.15, -0.1) is 0 Å². The molecule has 4 nitrogen and oxygen atoms in total. The first kappa shape index (κ1) is 17.7. The van der Waals surface area contributed by atoms with Gasteiger partial charge >= 0.3 is 5.97 Å². The van der Waals surface area contributed by atoms with E-state index in [0.717, 1.165) is 11.1 Å². The smallest absolute Gasteiger partial charge is 0.368 e. The number of nitrogens with zero attached hydrogens (tertiary/aromatic N) is 1. The Balaban J connectivity index is 1.50. The van der Waals surface area contributed by atoms with E-state index in [-0.39, 0.29) is 12.4 Å². The van der Waals surface area contributed by atoms with Crippen LogP contribution < -0.4 is 4.74 Å². The van der Waals surface area contributed by atoms with Gasteiger partial charge in [-0.3, -0.25) is 0 Å². The first-order valence-electron chi connectivity index (χ1n) is 8.74. The van der Waals surface area contributed by atoms with Gasteiger partial charge in [0.15, 0.2) is 0 Å². The highest BCUT2D eigenvalue weighted by molar-refractivity contribution is 6.31. The molecule has 28 heavy (non-hydrogen) atoms. The fraction of sp³-hybridized carbons (Fsp3) is 0.0435. The van der Waals surface area contributed by atoms with Crippen LogP contribution in [0.4, 0.5) is 4.39 Å². The zero-order chi connectivity index (χ0) is 19.3. The Morgan fingerprint density at radius 2 is 1.64 bits per heavy atom. The number of hydrogen-bond acceptors (Lipinski definition) is 4. The molecule has 0 radical (unpaired) electrons. The molecule has 3 aromatic carbocycles. The summed E-state index contributed by atoms with van der Waals surface area (Å²) in [7, 11) is 0. The second-order valence-corrected chi connectivity index (χ2v) is 6.19. The van der Waals surface area contributed by atoms with Crippen LogP contribution >= 0.6 is 0 Å². The normalized spacial score (nSPS) is 14.7. The fourth-order valence-corrected chi connectivity index (χ4v) is 2.82. The van der Waals surface area contributed by atoms with Gasteiger partial charge in [0.1, 0.15) is 23.9 Å². The number of ether oxygens (including phenoxy) is 1. The lowest BCUT2D eigenvalue weighted by Crippen LogP contribution is -2.06. The van der Waals surface area contributed by atoms with Crippen LogP contribution in [0.25, 0.3) is 6.08 Å². The van der Waals surface area contributed by atoms with Crippen molar-refractivity contribution in [2.75, 3.05) is 0 Å². The van der Waals surface area contributed by atoms with Crippen molar-refractivity contribution < 1.29 is 18.8 Å². The van der Waals surface area contributed by atoms with Crippen molar-refractivity contribution in [3.63, 3.8) is 0 Å². The highest BCUT2D eigenvalue weighted by Crippen LogP contribution is 2.22. The Morgan fingerprint density at radius 1 is 0.929 bits per heavy atom. The second-order valence-electron chi connectivity index (χ2n) is 6.19. The molecule has 138 valence electrons. The minimum absolute atomic E-state index is 0.143. The van der Waals surface area contributed by atoms with Gasteiger partial charge < -0.3 is 9.57 Å². The molecular formula is C23H16FNO3. The van der Waals surface area contributed by atoms with E-state index in [0.29, 0.717) is 22.6 Å². The van der Waals surface area contributed by atoms with Crippen LogP contribution in [0, 0.1) is 5.82 Å². The number of halogens is 1. The summed E-state index contributed by atoms with van der Waals surface area (Å²) in [5.41, 5.74) is 3.00. The van der Waals surface area contributed by atoms with E-state index in [4.69, 9.17) is 9.57 Å². The first-order valence-corrected chi connectivity index (χ1v) is 8.74. The van der Waals surface area contributed by atoms with Gasteiger partial charge in [0.2, 0.25) is 0 Å². The van der Waals surface area contributed by atoms with Crippen molar-refractivity contribution in [1.29, 1.82) is 0 Å². The van der Waals surface area contributed by atoms with E-state index in [1.54, 1.807) is 36.4 Å². The molecule has 0 aromatic heterocycles. The summed E-state index contributed by atoms with van der Waals surface area (Å²) in [4.78, 5) is 16.9. The van der Waals surface area contributed by atoms with Crippen LogP contribution in [-0.2, 0) is 16.2 Å². The molecule has 3 aromatic rings. The molecule has 0 amide bonds. The molecule has 4 rings (SSSR count). The minimum atomic E-state index is -0.487. The summed E-state index contributed by atoms with van der Waals surface area (Å²) in [5.74, 6) is -0.175. The van der Waals surface area contributed by atoms with Gasteiger partial charge in [-0.05, 0) is 29.8 Å². The molecule has 0 aliphatic carbocycles. The van der Waals surface area contributed by atoms with E-state index in [9.17, 15) is 9.18 Å². The van der Waals surface area contributed by atoms with Crippen molar-refractivity contribution in [3.05, 3.63) is 107 Å². The van der Waals surface area contributed by atoms with Gasteiger partial charge in [-0.2, -0.15) is 0 Å². The van der Waals surface area contributed by atoms with E-state index < -0.39 is 5.97 Å². The summed E-state index contributed by atoms with van der Waals surface area (Å²) in [5, 5.41) is 3.89. The minimum Gasteiger partial charge on any atom is -0.489 e. The second kappa shape index (κ2) is 7.88. The Labute approximate surface area is 161 Å². The largest absolute Gasteiger partial charge is 0.489 e. The summed E-state index contributed by atoms with van der Waals surface area (Å²) in [6, 6.07) is 23.1. The van der Waals surface area contributed by atoms with Crippen LogP contribution in [0.3, 0.4) is 0 Å². The third-order valence-corrected chi connectivity index (χ3v) is 4.29. The molecule has 0 bridgehead atoms. The quantitative estimate of drug-likeness (QED) is 0.479. The van der Waals surface area contributed by atoms with Crippen LogP contribution in [0.1, 0.15) is 16.7 Å². The van der Waals surface area contributed by atoms with Crippen molar-refractivity contribution in [1.82, 2.24) is 0 Å². The Morgan fingerprint density at radius 3 is 2.39 bits per heavy atom. The molecule has 0 N–H and O–H groups in total. The van der Waals surface area contributed by atoms with Gasteiger partial charge in [-0.1, -0.05) is 65.8 Å². The van der Waals surface area contributed by atoms with Crippen molar-refractivity contribution in [2.24, 2.45) is 5.16 Å². The number of oxime groups is 1. The van der Waals surface area contributed by atoms with Crippen LogP contribution in [-0.4, -0.2) is 11.7 Å². The molecule has 0 unspecified atom stereocenters. The molecule has 0 saturated heterocycles. The third kappa shape index (κ3) is 3.83. The average Bonchev–Trinajstić information content (AvgIpc) is 3.09. The number of carbonyl (C=O) groups is 1. The maximum absolute atomic E-state index is 13.7. The Hall–Kier alpha value is -3.73. The Kier molecular flexibility index (Phi) is 4.97. The third-order valence-electron chi connectivity index (χ3n) is 4.29. The summed E-state index contributed by atoms with van der Waals surface area (Å²) in [6.07, 6.45) is 1.72. The number of benzene rings is 3. The van der Waals surface area contributed by atoms with Crippen molar-refractivity contribution in [3.8, 4) is 5.75 Å². The SMILES string of the molecule is O=C1ON=C(c2ccccc2)/C1=C\c1ccc(OCc2ccccc2F)cc1. The van der Waals surface area contributed by atoms with E-state index in [1.165, 1.54) is 6.07 Å². The fourth-order valence-electron chi connectivity index (χ4n) is 2.82. The zero-order valence-corrected chi connectivity index (χ0v) is 14.8. The van der Waals surface area contributed by atoms with Crippen LogP contribution in [0.5, 0.6) is 5.75 Å². The number of hydrogen-bond donors (Lipinski definition) is 0. The highest BCUT2D eigenvalue weighted by Gasteiger charge is 2.26. The topological polar surface area (TPSA) is 47.9 Å². The lowest BCUT2D eigenvalue weighted by molar-refractivity contribution is -0.136. The highest BCUT2D eigenvalue weighted by atomic mass is 19.1. The van der Waals surface area contributed by atoms with Gasteiger partial charge in [-0.25, -0.2) is 9.18 Å². The predicted octanol–water partition coefficient (Wildman–Crippen LogP) is 4.75. The summed E-state index contributed by atoms with van der Waals surface area (Å²) < 4.78 is 19.3. The summed E-state index contributed by atoms with van der Waals surface area (Å²) >= 11 is 0. The monoisotopic (exact) mass is 373 g/mol. The van der Waals surface area contributed by atoms with Crippen molar-refractivity contribution >= 4 is 17.8 Å². The Bertz CT molecular complexity index is 1060. The number of carbonyl (C=O) groups excluding carboxylic acids is 1. The molecule has 1 aliphatic heterocycles. The maximum Gasteiger partial charge on any atom is 0.368 e. The van der Waals surface area contributed by atoms with Crippen LogP contribution in [0.2, 0.25) is 0 Å². The lowest BCUT2D eigenvalue weighted by Gasteiger charge is -2.07. The molecule has 1 aliphatic rings. The molecule has 1 heterocycles. The molecule has 0 spiro atoms. The molecule has 0 atom stereocenters. The van der Waals surface area contributed by atoms with Crippen LogP contribution in [0.15, 0.2) is 89.6 Å². The zero-order valence-electron chi connectivity index (χ0n) is 14.8. The standard InChI is InChI=1S/C23H16FNO3/c24-21-9-5-4-8-18(21)15-27-19-12-10-16(11-13-19)14-20-22(25-28-23(20)26)17-6-2-1-3-7-17/h1-14H,15H2/b20-14+. The maximum atomic E-state index is 13.7. The van der Waals surface area contributed by atoms with E-state index in [1.807, 2.05) is 42.5 Å². The summed E-state index contributed by atoms with van der Waals surface area (Å²) in [6.45, 7) is 0.143. The number of rotatable bonds is 5.